The van der Waals surface area contributed by atoms with Crippen molar-refractivity contribution in [2.45, 2.75) is 24.8 Å². The lowest BCUT2D eigenvalue weighted by atomic mass is 10.1. The van der Waals surface area contributed by atoms with E-state index >= 15 is 0 Å². The van der Waals surface area contributed by atoms with Crippen LogP contribution in [0.2, 0.25) is 0 Å². The summed E-state index contributed by atoms with van der Waals surface area (Å²) in [6, 6.07) is 5.63. The number of rotatable bonds is 6. The van der Waals surface area contributed by atoms with E-state index in [2.05, 4.69) is 10.6 Å². The minimum absolute atomic E-state index is 0.0140. The molecule has 2 rings (SSSR count). The number of nitrogens with two attached hydrogens (primary N) is 1. The van der Waals surface area contributed by atoms with E-state index in [9.17, 15) is 18.0 Å². The van der Waals surface area contributed by atoms with Crippen molar-refractivity contribution in [2.24, 2.45) is 5.14 Å². The van der Waals surface area contributed by atoms with Crippen LogP contribution in [0.3, 0.4) is 0 Å². The molecule has 0 bridgehead atoms. The van der Waals surface area contributed by atoms with Crippen molar-refractivity contribution in [1.82, 2.24) is 20.4 Å². The van der Waals surface area contributed by atoms with E-state index in [0.29, 0.717) is 44.8 Å². The maximum Gasteiger partial charge on any atom is 0.317 e. The Labute approximate surface area is 159 Å². The smallest absolute Gasteiger partial charge is 0.317 e. The van der Waals surface area contributed by atoms with Crippen LogP contribution in [-0.2, 0) is 14.8 Å². The molecule has 0 aliphatic carbocycles. The van der Waals surface area contributed by atoms with Gasteiger partial charge >= 0.3 is 6.03 Å². The minimum atomic E-state index is -3.79. The first-order chi connectivity index (χ1) is 12.7. The van der Waals surface area contributed by atoms with E-state index in [1.165, 1.54) is 12.1 Å². The summed E-state index contributed by atoms with van der Waals surface area (Å²) in [6.07, 6.45) is 0. The zero-order valence-electron chi connectivity index (χ0n) is 15.6. The number of amides is 3. The number of hydrogen-bond acceptors (Lipinski definition) is 5. The summed E-state index contributed by atoms with van der Waals surface area (Å²) in [6.45, 7) is 6.89. The highest BCUT2D eigenvalue weighted by atomic mass is 32.2. The molecule has 1 saturated heterocycles. The van der Waals surface area contributed by atoms with Crippen LogP contribution in [-0.4, -0.2) is 69.4 Å². The van der Waals surface area contributed by atoms with E-state index in [0.717, 1.165) is 0 Å². The van der Waals surface area contributed by atoms with Gasteiger partial charge in [0.05, 0.1) is 17.5 Å². The van der Waals surface area contributed by atoms with Gasteiger partial charge in [-0.25, -0.2) is 18.4 Å². The highest BCUT2D eigenvalue weighted by Gasteiger charge is 2.23. The summed E-state index contributed by atoms with van der Waals surface area (Å²) in [5, 5.41) is 10.8. The van der Waals surface area contributed by atoms with E-state index in [1.54, 1.807) is 24.0 Å². The molecule has 0 saturated carbocycles. The second-order valence-electron chi connectivity index (χ2n) is 6.51. The maximum atomic E-state index is 12.5. The fourth-order valence-electron chi connectivity index (χ4n) is 2.89. The number of likely N-dealkylation sites (N-methyl/N-ethyl adjacent to an activating group) is 1. The Balaban J connectivity index is 1.88. The Kier molecular flexibility index (Phi) is 7.17. The van der Waals surface area contributed by atoms with Crippen molar-refractivity contribution in [3.8, 4) is 0 Å². The molecule has 1 aromatic rings. The summed E-state index contributed by atoms with van der Waals surface area (Å²) in [4.78, 5) is 27.8. The predicted octanol–water partition coefficient (Wildman–Crippen LogP) is -0.142. The molecule has 1 atom stereocenters. The molecular weight excluding hydrogens is 370 g/mol. The molecule has 1 aliphatic rings. The number of urea groups is 1. The lowest BCUT2D eigenvalue weighted by Gasteiger charge is -2.34. The van der Waals surface area contributed by atoms with Gasteiger partial charge in [0.15, 0.2) is 0 Å². The van der Waals surface area contributed by atoms with Crippen molar-refractivity contribution in [3.63, 3.8) is 0 Å². The number of nitrogens with one attached hydrogen (secondary N) is 2. The van der Waals surface area contributed by atoms with E-state index in [-0.39, 0.29) is 22.9 Å². The van der Waals surface area contributed by atoms with E-state index < -0.39 is 10.0 Å². The van der Waals surface area contributed by atoms with Crippen LogP contribution < -0.4 is 15.8 Å². The number of hydrogen-bond donors (Lipinski definition) is 3. The number of benzene rings is 1. The topological polar surface area (TPSA) is 125 Å². The highest BCUT2D eigenvalue weighted by molar-refractivity contribution is 7.89. The lowest BCUT2D eigenvalue weighted by molar-refractivity contribution is -0.122. The van der Waals surface area contributed by atoms with Crippen LogP contribution in [0, 0.1) is 0 Å². The largest absolute Gasteiger partial charge is 0.355 e. The van der Waals surface area contributed by atoms with Gasteiger partial charge in [-0.1, -0.05) is 12.1 Å². The van der Waals surface area contributed by atoms with Crippen LogP contribution in [0.5, 0.6) is 0 Å². The summed E-state index contributed by atoms with van der Waals surface area (Å²) in [5.74, 6) is -0.0150. The van der Waals surface area contributed by atoms with Crippen LogP contribution >= 0.6 is 0 Å². The van der Waals surface area contributed by atoms with E-state index in [4.69, 9.17) is 5.14 Å². The third kappa shape index (κ3) is 6.19. The summed E-state index contributed by atoms with van der Waals surface area (Å²) < 4.78 is 22.9. The summed E-state index contributed by atoms with van der Waals surface area (Å²) >= 11 is 0. The van der Waals surface area contributed by atoms with Crippen LogP contribution in [0.25, 0.3) is 0 Å². The maximum absolute atomic E-state index is 12.5. The quantitative estimate of drug-likeness (QED) is 0.616. The van der Waals surface area contributed by atoms with Gasteiger partial charge in [0.2, 0.25) is 15.9 Å². The third-order valence-electron chi connectivity index (χ3n) is 4.43. The molecular formula is C17H27N5O4S. The molecule has 1 fully saturated rings. The molecule has 9 nitrogen and oxygen atoms in total. The Bertz CT molecular complexity index is 775. The second-order valence-corrected chi connectivity index (χ2v) is 8.07. The van der Waals surface area contributed by atoms with Gasteiger partial charge in [-0.3, -0.25) is 9.69 Å². The highest BCUT2D eigenvalue weighted by Crippen LogP contribution is 2.17. The first-order valence-corrected chi connectivity index (χ1v) is 10.4. The monoisotopic (exact) mass is 397 g/mol. The molecule has 1 aliphatic heterocycles. The van der Waals surface area contributed by atoms with Gasteiger partial charge in [0.1, 0.15) is 0 Å². The summed E-state index contributed by atoms with van der Waals surface area (Å²) in [7, 11) is -3.79. The van der Waals surface area contributed by atoms with Gasteiger partial charge in [-0.15, -0.1) is 0 Å². The Morgan fingerprint density at radius 3 is 2.48 bits per heavy atom. The number of carbonyl (C=O) groups is 2. The third-order valence-corrected chi connectivity index (χ3v) is 5.34. The second kappa shape index (κ2) is 9.16. The zero-order chi connectivity index (χ0) is 20.0. The van der Waals surface area contributed by atoms with Crippen molar-refractivity contribution >= 4 is 22.0 Å². The van der Waals surface area contributed by atoms with Crippen molar-refractivity contribution in [1.29, 1.82) is 0 Å². The standard InChI is InChI=1S/C17H27N5O4S/c1-3-19-16(23)12-21-7-9-22(10-8-21)17(24)20-13(2)14-5-4-6-15(11-14)27(18,25)26/h4-6,11,13H,3,7-10,12H2,1-2H3,(H,19,23)(H,20,24)(H2,18,25,26). The molecule has 4 N–H and O–H groups in total. The van der Waals surface area contributed by atoms with Gasteiger partial charge in [0, 0.05) is 32.7 Å². The normalized spacial score (nSPS) is 16.6. The van der Waals surface area contributed by atoms with Gasteiger partial charge < -0.3 is 15.5 Å². The summed E-state index contributed by atoms with van der Waals surface area (Å²) in [5.41, 5.74) is 0.657. The average molecular weight is 398 g/mol. The minimum Gasteiger partial charge on any atom is -0.355 e. The first-order valence-electron chi connectivity index (χ1n) is 8.88. The SMILES string of the molecule is CCNC(=O)CN1CCN(C(=O)NC(C)c2cccc(S(N)(=O)=O)c2)CC1. The molecule has 27 heavy (non-hydrogen) atoms. The number of nitrogens with zero attached hydrogens (tertiary/aromatic N) is 2. The Hall–Kier alpha value is -2.17. The van der Waals surface area contributed by atoms with E-state index in [1.807, 2.05) is 11.8 Å². The lowest BCUT2D eigenvalue weighted by Crippen LogP contribution is -2.53. The molecule has 1 heterocycles. The predicted molar refractivity (Wildman–Crippen MR) is 101 cm³/mol. The number of primary sulfonamides is 1. The van der Waals surface area contributed by atoms with Crippen LogP contribution in [0.4, 0.5) is 4.79 Å². The molecule has 0 radical (unpaired) electrons. The van der Waals surface area contributed by atoms with Crippen LogP contribution in [0.15, 0.2) is 29.2 Å². The molecule has 0 spiro atoms. The molecule has 1 aromatic carbocycles. The fraction of sp³-hybridized carbons (Fsp3) is 0.529. The van der Waals surface area contributed by atoms with Gasteiger partial charge in [-0.05, 0) is 31.5 Å². The number of sulfonamides is 1. The molecule has 3 amide bonds. The van der Waals surface area contributed by atoms with Crippen molar-refractivity contribution in [3.05, 3.63) is 29.8 Å². The molecule has 0 aromatic heterocycles. The molecule has 1 unspecified atom stereocenters. The van der Waals surface area contributed by atoms with Crippen molar-refractivity contribution in [2.75, 3.05) is 39.3 Å². The number of piperazine rings is 1. The van der Waals surface area contributed by atoms with Gasteiger partial charge in [0.25, 0.3) is 0 Å². The fourth-order valence-corrected chi connectivity index (χ4v) is 3.45. The molecule has 150 valence electrons. The van der Waals surface area contributed by atoms with Crippen molar-refractivity contribution < 1.29 is 18.0 Å². The van der Waals surface area contributed by atoms with Gasteiger partial charge in [-0.2, -0.15) is 0 Å². The first kappa shape index (κ1) is 21.1. The Morgan fingerprint density at radius 2 is 1.89 bits per heavy atom. The zero-order valence-corrected chi connectivity index (χ0v) is 16.5. The van der Waals surface area contributed by atoms with Crippen LogP contribution in [0.1, 0.15) is 25.5 Å². The Morgan fingerprint density at radius 1 is 1.22 bits per heavy atom. The number of carbonyl (C=O) groups excluding carboxylic acids is 2. The molecule has 10 heteroatoms. The average Bonchev–Trinajstić information content (AvgIpc) is 2.61.